The van der Waals surface area contributed by atoms with Crippen molar-refractivity contribution in [1.29, 1.82) is 5.26 Å². The van der Waals surface area contributed by atoms with Crippen LogP contribution in [-0.2, 0) is 4.79 Å². The number of hydrogen-bond acceptors (Lipinski definition) is 7. The maximum Gasteiger partial charge on any atom is 0.315 e. The van der Waals surface area contributed by atoms with Gasteiger partial charge in [-0.25, -0.2) is 5.48 Å². The summed E-state index contributed by atoms with van der Waals surface area (Å²) in [5.74, 6) is -2.81. The first kappa shape index (κ1) is 13.9. The molecule has 0 saturated carbocycles. The van der Waals surface area contributed by atoms with Gasteiger partial charge in [0.05, 0.1) is 4.92 Å². The van der Waals surface area contributed by atoms with Crippen LogP contribution in [0, 0.1) is 21.4 Å². The van der Waals surface area contributed by atoms with E-state index in [1.165, 1.54) is 11.5 Å². The minimum absolute atomic E-state index is 0.0675. The Labute approximate surface area is 105 Å². The number of amides is 1. The zero-order valence-electron chi connectivity index (χ0n) is 9.19. The first-order valence-electron chi connectivity index (χ1n) is 4.67. The van der Waals surface area contributed by atoms with Crippen molar-refractivity contribution in [3.63, 3.8) is 0 Å². The second-order valence-electron chi connectivity index (χ2n) is 3.28. The average Bonchev–Trinajstić information content (AvgIpc) is 2.38. The summed E-state index contributed by atoms with van der Waals surface area (Å²) in [6.07, 6.45) is 0.901. The van der Waals surface area contributed by atoms with Crippen molar-refractivity contribution >= 4 is 17.7 Å². The zero-order valence-corrected chi connectivity index (χ0v) is 9.19. The number of phenols is 2. The van der Waals surface area contributed by atoms with Crippen LogP contribution in [0.25, 0.3) is 6.08 Å². The van der Waals surface area contributed by atoms with E-state index in [9.17, 15) is 25.1 Å². The van der Waals surface area contributed by atoms with Gasteiger partial charge in [-0.1, -0.05) is 0 Å². The molecule has 0 spiro atoms. The fourth-order valence-corrected chi connectivity index (χ4v) is 1.22. The van der Waals surface area contributed by atoms with Crippen LogP contribution in [0.1, 0.15) is 5.56 Å². The summed E-state index contributed by atoms with van der Waals surface area (Å²) in [4.78, 5) is 20.7. The van der Waals surface area contributed by atoms with E-state index in [4.69, 9.17) is 10.5 Å². The monoisotopic (exact) mass is 265 g/mol. The Bertz CT molecular complexity index is 616. The molecule has 4 N–H and O–H groups in total. The summed E-state index contributed by atoms with van der Waals surface area (Å²) < 4.78 is 0. The molecule has 9 heteroatoms. The largest absolute Gasteiger partial charge is 0.504 e. The molecule has 0 heterocycles. The minimum Gasteiger partial charge on any atom is -0.504 e. The van der Waals surface area contributed by atoms with Crippen LogP contribution in [0.4, 0.5) is 5.69 Å². The highest BCUT2D eigenvalue weighted by atomic mass is 16.6. The summed E-state index contributed by atoms with van der Waals surface area (Å²) in [6, 6.07) is 3.24. The van der Waals surface area contributed by atoms with E-state index in [1.54, 1.807) is 0 Å². The molecule has 0 atom stereocenters. The molecule has 1 rings (SSSR count). The van der Waals surface area contributed by atoms with Crippen molar-refractivity contribution < 1.29 is 25.1 Å². The van der Waals surface area contributed by atoms with Gasteiger partial charge in [0.2, 0.25) is 5.75 Å². The Morgan fingerprint density at radius 1 is 1.47 bits per heavy atom. The summed E-state index contributed by atoms with van der Waals surface area (Å²) in [6.45, 7) is 0. The van der Waals surface area contributed by atoms with Gasteiger partial charge in [0.25, 0.3) is 5.91 Å². The Morgan fingerprint density at radius 3 is 2.58 bits per heavy atom. The molecule has 0 bridgehead atoms. The number of nitro benzene ring substituents is 1. The molecule has 1 amide bonds. The van der Waals surface area contributed by atoms with Crippen LogP contribution in [0.2, 0.25) is 0 Å². The maximum atomic E-state index is 11.0. The SMILES string of the molecule is N#C/C(=C\c1cc(O)c(O)c([N+](=O)[O-])c1)C(=O)NO. The normalized spacial score (nSPS) is 10.6. The van der Waals surface area contributed by atoms with Gasteiger partial charge in [-0.15, -0.1) is 0 Å². The predicted molar refractivity (Wildman–Crippen MR) is 59.9 cm³/mol. The van der Waals surface area contributed by atoms with E-state index < -0.39 is 33.6 Å². The molecule has 0 aliphatic heterocycles. The van der Waals surface area contributed by atoms with Crippen molar-refractivity contribution in [2.45, 2.75) is 0 Å². The first-order chi connectivity index (χ1) is 8.90. The molecule has 9 nitrogen and oxygen atoms in total. The van der Waals surface area contributed by atoms with Gasteiger partial charge in [-0.2, -0.15) is 5.26 Å². The molecule has 0 aromatic heterocycles. The van der Waals surface area contributed by atoms with E-state index in [0.29, 0.717) is 0 Å². The molecule has 0 saturated heterocycles. The number of nitrogens with zero attached hydrogens (tertiary/aromatic N) is 2. The molecule has 0 unspecified atom stereocenters. The zero-order chi connectivity index (χ0) is 14.6. The fourth-order valence-electron chi connectivity index (χ4n) is 1.22. The van der Waals surface area contributed by atoms with E-state index in [0.717, 1.165) is 18.2 Å². The number of rotatable bonds is 3. The number of benzene rings is 1. The summed E-state index contributed by atoms with van der Waals surface area (Å²) in [5, 5.41) is 46.2. The Hall–Kier alpha value is -3.12. The molecule has 0 fully saturated rings. The average molecular weight is 265 g/mol. The molecular weight excluding hydrogens is 258 g/mol. The highest BCUT2D eigenvalue weighted by Crippen LogP contribution is 2.36. The van der Waals surface area contributed by atoms with Gasteiger partial charge in [0, 0.05) is 6.07 Å². The number of nitriles is 1. The highest BCUT2D eigenvalue weighted by molar-refractivity contribution is 6.01. The van der Waals surface area contributed by atoms with Crippen molar-refractivity contribution in [3.8, 4) is 17.6 Å². The van der Waals surface area contributed by atoms with Crippen LogP contribution in [0.5, 0.6) is 11.5 Å². The number of carbonyl (C=O) groups excluding carboxylic acids is 1. The third-order valence-electron chi connectivity index (χ3n) is 2.07. The van der Waals surface area contributed by atoms with Gasteiger partial charge < -0.3 is 10.2 Å². The number of hydroxylamine groups is 1. The van der Waals surface area contributed by atoms with Gasteiger partial charge in [-0.05, 0) is 17.7 Å². The van der Waals surface area contributed by atoms with E-state index >= 15 is 0 Å². The van der Waals surface area contributed by atoms with Gasteiger partial charge in [0.1, 0.15) is 11.6 Å². The van der Waals surface area contributed by atoms with Crippen LogP contribution < -0.4 is 5.48 Å². The standard InChI is InChI=1S/C10H7N3O6/c11-4-6(10(16)12-17)1-5-2-7(13(18)19)9(15)8(14)3-5/h1-3,14-15,17H,(H,12,16)/b6-1+. The molecular formula is C10H7N3O6. The van der Waals surface area contributed by atoms with Crippen LogP contribution in [-0.4, -0.2) is 26.3 Å². The topological polar surface area (TPSA) is 157 Å². The Balaban J connectivity index is 3.38. The molecule has 98 valence electrons. The van der Waals surface area contributed by atoms with Gasteiger partial charge in [-0.3, -0.25) is 20.1 Å². The molecule has 0 radical (unpaired) electrons. The third kappa shape index (κ3) is 2.96. The molecule has 1 aromatic carbocycles. The minimum atomic E-state index is -1.11. The Kier molecular flexibility index (Phi) is 4.02. The van der Waals surface area contributed by atoms with Crippen molar-refractivity contribution in [2.24, 2.45) is 0 Å². The maximum absolute atomic E-state index is 11.0. The molecule has 0 aliphatic carbocycles. The number of nitrogens with one attached hydrogen (secondary N) is 1. The number of hydrogen-bond donors (Lipinski definition) is 4. The molecule has 1 aromatic rings. The van der Waals surface area contributed by atoms with E-state index in [-0.39, 0.29) is 5.56 Å². The molecule has 19 heavy (non-hydrogen) atoms. The lowest BCUT2D eigenvalue weighted by Crippen LogP contribution is -2.19. The lowest BCUT2D eigenvalue weighted by molar-refractivity contribution is -0.386. The van der Waals surface area contributed by atoms with Crippen molar-refractivity contribution in [2.75, 3.05) is 0 Å². The predicted octanol–water partition coefficient (Wildman–Crippen LogP) is 0.418. The number of nitro groups is 1. The summed E-state index contributed by atoms with van der Waals surface area (Å²) in [7, 11) is 0. The second-order valence-corrected chi connectivity index (χ2v) is 3.28. The Morgan fingerprint density at radius 2 is 2.11 bits per heavy atom. The van der Waals surface area contributed by atoms with Crippen LogP contribution in [0.15, 0.2) is 17.7 Å². The number of aromatic hydroxyl groups is 2. The highest BCUT2D eigenvalue weighted by Gasteiger charge is 2.19. The van der Waals surface area contributed by atoms with Crippen molar-refractivity contribution in [3.05, 3.63) is 33.4 Å². The van der Waals surface area contributed by atoms with E-state index in [1.807, 2.05) is 0 Å². The molecule has 0 aliphatic rings. The summed E-state index contributed by atoms with van der Waals surface area (Å²) >= 11 is 0. The smallest absolute Gasteiger partial charge is 0.315 e. The number of phenolic OH excluding ortho intramolecular Hbond substituents is 2. The number of carbonyl (C=O) groups is 1. The van der Waals surface area contributed by atoms with Gasteiger partial charge >= 0.3 is 5.69 Å². The van der Waals surface area contributed by atoms with E-state index in [2.05, 4.69) is 0 Å². The van der Waals surface area contributed by atoms with Crippen LogP contribution >= 0.6 is 0 Å². The van der Waals surface area contributed by atoms with Crippen LogP contribution in [0.3, 0.4) is 0 Å². The summed E-state index contributed by atoms with van der Waals surface area (Å²) in [5.41, 5.74) is -0.168. The third-order valence-corrected chi connectivity index (χ3v) is 2.07. The first-order valence-corrected chi connectivity index (χ1v) is 4.67. The van der Waals surface area contributed by atoms with Crippen molar-refractivity contribution in [1.82, 2.24) is 5.48 Å². The second kappa shape index (κ2) is 5.48. The van der Waals surface area contributed by atoms with Gasteiger partial charge in [0.15, 0.2) is 5.75 Å². The lowest BCUT2D eigenvalue weighted by Gasteiger charge is -2.02. The fraction of sp³-hybridized carbons (Fsp3) is 0. The quantitative estimate of drug-likeness (QED) is 0.154. The lowest BCUT2D eigenvalue weighted by atomic mass is 10.1.